The predicted octanol–water partition coefficient (Wildman–Crippen LogP) is 3.42. The molecular weight excluding hydrogens is 194 g/mol. The molecule has 1 heteroatoms. The summed E-state index contributed by atoms with van der Waals surface area (Å²) in [6, 6.07) is 8.82. The molecule has 0 atom stereocenters. The van der Waals surface area contributed by atoms with Crippen molar-refractivity contribution in [3.8, 4) is 0 Å². The van der Waals surface area contributed by atoms with Gasteiger partial charge in [-0.05, 0) is 17.5 Å². The fraction of sp³-hybridized carbons (Fsp3) is 0.333. The summed E-state index contributed by atoms with van der Waals surface area (Å²) < 4.78 is 0. The number of rotatable bonds is 7. The Bertz CT molecular complexity index is 314. The van der Waals surface area contributed by atoms with E-state index in [9.17, 15) is 0 Å². The van der Waals surface area contributed by atoms with Gasteiger partial charge < -0.3 is 0 Å². The number of aryl methyl sites for hydroxylation is 1. The normalized spacial score (nSPS) is 10.4. The van der Waals surface area contributed by atoms with Crippen molar-refractivity contribution in [3.63, 3.8) is 0 Å². The first-order valence-electron chi connectivity index (χ1n) is 5.82. The van der Waals surface area contributed by atoms with Gasteiger partial charge in [0.2, 0.25) is 0 Å². The van der Waals surface area contributed by atoms with Crippen molar-refractivity contribution in [1.82, 2.24) is 4.90 Å². The largest absolute Gasteiger partial charge is 0.292 e. The Hall–Kier alpha value is -1.34. The maximum Gasteiger partial charge on any atom is 0.0240 e. The summed E-state index contributed by atoms with van der Waals surface area (Å²) in [5.41, 5.74) is 2.74. The topological polar surface area (TPSA) is 3.24 Å². The van der Waals surface area contributed by atoms with Gasteiger partial charge >= 0.3 is 0 Å². The van der Waals surface area contributed by atoms with Crippen molar-refractivity contribution < 1.29 is 0 Å². The van der Waals surface area contributed by atoms with Crippen LogP contribution in [0.1, 0.15) is 18.1 Å². The zero-order valence-corrected chi connectivity index (χ0v) is 10.2. The van der Waals surface area contributed by atoms with Crippen molar-refractivity contribution in [3.05, 3.63) is 60.7 Å². The van der Waals surface area contributed by atoms with E-state index in [0.29, 0.717) is 0 Å². The molecule has 1 nitrogen and oxygen atoms in total. The van der Waals surface area contributed by atoms with Crippen molar-refractivity contribution >= 4 is 0 Å². The number of benzene rings is 1. The van der Waals surface area contributed by atoms with Gasteiger partial charge in [-0.15, -0.1) is 13.2 Å². The highest BCUT2D eigenvalue weighted by Gasteiger charge is 2.01. The molecule has 0 aliphatic heterocycles. The Morgan fingerprint density at radius 2 is 1.50 bits per heavy atom. The van der Waals surface area contributed by atoms with Gasteiger partial charge in [-0.3, -0.25) is 4.90 Å². The minimum atomic E-state index is 0.904. The third kappa shape index (κ3) is 4.03. The van der Waals surface area contributed by atoms with Crippen LogP contribution in [0.15, 0.2) is 49.6 Å². The molecule has 0 radical (unpaired) electrons. The quantitative estimate of drug-likeness (QED) is 0.630. The zero-order valence-electron chi connectivity index (χ0n) is 10.2. The van der Waals surface area contributed by atoms with Gasteiger partial charge in [-0.1, -0.05) is 43.3 Å². The number of hydrogen-bond donors (Lipinski definition) is 0. The lowest BCUT2D eigenvalue weighted by atomic mass is 10.1. The number of nitrogens with zero attached hydrogens (tertiary/aromatic N) is 1. The van der Waals surface area contributed by atoms with Gasteiger partial charge in [-0.25, -0.2) is 0 Å². The van der Waals surface area contributed by atoms with E-state index in [1.54, 1.807) is 0 Å². The Labute approximate surface area is 99.1 Å². The van der Waals surface area contributed by atoms with E-state index in [2.05, 4.69) is 49.2 Å². The highest BCUT2D eigenvalue weighted by Crippen LogP contribution is 2.08. The lowest BCUT2D eigenvalue weighted by Crippen LogP contribution is -2.23. The molecule has 0 aromatic heterocycles. The highest BCUT2D eigenvalue weighted by atomic mass is 15.1. The first-order valence-corrected chi connectivity index (χ1v) is 5.82. The van der Waals surface area contributed by atoms with E-state index in [-0.39, 0.29) is 0 Å². The Morgan fingerprint density at radius 1 is 1.00 bits per heavy atom. The molecule has 0 spiro atoms. The molecule has 0 unspecified atom stereocenters. The predicted molar refractivity (Wildman–Crippen MR) is 71.5 cm³/mol. The van der Waals surface area contributed by atoms with Gasteiger partial charge in [0.05, 0.1) is 0 Å². The zero-order chi connectivity index (χ0) is 11.8. The standard InChI is InChI=1S/C15H21N/c1-4-11-16(12-5-2)13-15-9-7-14(6-3)8-10-15/h4-5,7-10H,1-2,6,11-13H2,3H3. The second-order valence-corrected chi connectivity index (χ2v) is 3.94. The molecule has 86 valence electrons. The third-order valence-electron chi connectivity index (χ3n) is 2.61. The summed E-state index contributed by atoms with van der Waals surface area (Å²) in [5, 5.41) is 0. The molecule has 0 aliphatic rings. The molecule has 0 saturated heterocycles. The lowest BCUT2D eigenvalue weighted by Gasteiger charge is -2.18. The fourth-order valence-electron chi connectivity index (χ4n) is 1.71. The fourth-order valence-corrected chi connectivity index (χ4v) is 1.71. The molecule has 1 aromatic rings. The summed E-state index contributed by atoms with van der Waals surface area (Å²) in [6.45, 7) is 12.5. The van der Waals surface area contributed by atoms with Crippen LogP contribution in [0.2, 0.25) is 0 Å². The van der Waals surface area contributed by atoms with Gasteiger partial charge in [0, 0.05) is 19.6 Å². The summed E-state index contributed by atoms with van der Waals surface area (Å²) in [6.07, 6.45) is 4.97. The van der Waals surface area contributed by atoms with Gasteiger partial charge in [0.15, 0.2) is 0 Å². The molecule has 0 amide bonds. The van der Waals surface area contributed by atoms with Crippen molar-refractivity contribution in [2.75, 3.05) is 13.1 Å². The second-order valence-electron chi connectivity index (χ2n) is 3.94. The van der Waals surface area contributed by atoms with E-state index >= 15 is 0 Å². The molecule has 1 aromatic carbocycles. The minimum absolute atomic E-state index is 0.904. The first kappa shape index (κ1) is 12.7. The van der Waals surface area contributed by atoms with Gasteiger partial charge in [0.25, 0.3) is 0 Å². The van der Waals surface area contributed by atoms with Crippen LogP contribution in [0.25, 0.3) is 0 Å². The molecule has 0 N–H and O–H groups in total. The average Bonchev–Trinajstić information content (AvgIpc) is 2.31. The Kier molecular flexibility index (Phi) is 5.58. The molecule has 0 fully saturated rings. The molecule has 0 saturated carbocycles. The minimum Gasteiger partial charge on any atom is -0.292 e. The van der Waals surface area contributed by atoms with Crippen LogP contribution in [0, 0.1) is 0 Å². The van der Waals surface area contributed by atoms with Crippen LogP contribution in [0.3, 0.4) is 0 Å². The monoisotopic (exact) mass is 215 g/mol. The van der Waals surface area contributed by atoms with Crippen LogP contribution in [0.5, 0.6) is 0 Å². The highest BCUT2D eigenvalue weighted by molar-refractivity contribution is 5.22. The van der Waals surface area contributed by atoms with Crippen LogP contribution >= 0.6 is 0 Å². The van der Waals surface area contributed by atoms with Gasteiger partial charge in [-0.2, -0.15) is 0 Å². The van der Waals surface area contributed by atoms with E-state index in [4.69, 9.17) is 0 Å². The summed E-state index contributed by atoms with van der Waals surface area (Å²) >= 11 is 0. The van der Waals surface area contributed by atoms with E-state index in [0.717, 1.165) is 26.1 Å². The lowest BCUT2D eigenvalue weighted by molar-refractivity contribution is 0.328. The Morgan fingerprint density at radius 3 is 1.94 bits per heavy atom. The maximum atomic E-state index is 3.78. The van der Waals surface area contributed by atoms with Crippen molar-refractivity contribution in [2.45, 2.75) is 19.9 Å². The maximum absolute atomic E-state index is 3.78. The SMILES string of the molecule is C=CCN(CC=C)Cc1ccc(CC)cc1. The Balaban J connectivity index is 2.61. The van der Waals surface area contributed by atoms with Crippen LogP contribution in [-0.2, 0) is 13.0 Å². The first-order chi connectivity index (χ1) is 7.80. The molecule has 0 bridgehead atoms. The van der Waals surface area contributed by atoms with Crippen molar-refractivity contribution in [2.24, 2.45) is 0 Å². The molecule has 0 heterocycles. The van der Waals surface area contributed by atoms with Crippen molar-refractivity contribution in [1.29, 1.82) is 0 Å². The van der Waals surface area contributed by atoms with E-state index < -0.39 is 0 Å². The smallest absolute Gasteiger partial charge is 0.0240 e. The molecule has 1 rings (SSSR count). The second kappa shape index (κ2) is 7.02. The van der Waals surface area contributed by atoms with E-state index in [1.807, 2.05) is 12.2 Å². The number of hydrogen-bond acceptors (Lipinski definition) is 1. The third-order valence-corrected chi connectivity index (χ3v) is 2.61. The molecular formula is C15H21N. The van der Waals surface area contributed by atoms with Crippen LogP contribution in [-0.4, -0.2) is 18.0 Å². The average molecular weight is 215 g/mol. The molecule has 16 heavy (non-hydrogen) atoms. The van der Waals surface area contributed by atoms with Crippen LogP contribution < -0.4 is 0 Å². The van der Waals surface area contributed by atoms with Gasteiger partial charge in [0.1, 0.15) is 0 Å². The summed E-state index contributed by atoms with van der Waals surface area (Å²) in [5.74, 6) is 0. The molecule has 0 aliphatic carbocycles. The summed E-state index contributed by atoms with van der Waals surface area (Å²) in [7, 11) is 0. The summed E-state index contributed by atoms with van der Waals surface area (Å²) in [4.78, 5) is 2.31. The van der Waals surface area contributed by atoms with E-state index in [1.165, 1.54) is 11.1 Å². The van der Waals surface area contributed by atoms with Crippen LogP contribution in [0.4, 0.5) is 0 Å².